The predicted octanol–water partition coefficient (Wildman–Crippen LogP) is 3.66. The Hall–Kier alpha value is -4.51. The van der Waals surface area contributed by atoms with Crippen LogP contribution in [0.25, 0.3) is 5.65 Å². The summed E-state index contributed by atoms with van der Waals surface area (Å²) in [5.74, 6) is 0.976. The molecular weight excluding hydrogens is 542 g/mol. The molecule has 2 aromatic heterocycles. The highest BCUT2D eigenvalue weighted by molar-refractivity contribution is 5.95. The Balaban J connectivity index is 1.13. The van der Waals surface area contributed by atoms with E-state index in [1.807, 2.05) is 36.4 Å². The molecule has 6 rings (SSSR count). The molecule has 4 N–H and O–H groups in total. The summed E-state index contributed by atoms with van der Waals surface area (Å²) in [6, 6.07) is 15.3. The molecule has 0 unspecified atom stereocenters. The Bertz CT molecular complexity index is 1590. The second kappa shape index (κ2) is 12.0. The van der Waals surface area contributed by atoms with Crippen LogP contribution in [0.2, 0.25) is 0 Å². The first-order chi connectivity index (χ1) is 20.7. The molecule has 2 amide bonds. The maximum atomic E-state index is 13.1. The van der Waals surface area contributed by atoms with Crippen molar-refractivity contribution in [1.82, 2.24) is 35.5 Å². The van der Waals surface area contributed by atoms with Crippen molar-refractivity contribution >= 4 is 34.9 Å². The van der Waals surface area contributed by atoms with E-state index in [-0.39, 0.29) is 29.3 Å². The third kappa shape index (κ3) is 6.61. The number of aromatic nitrogens is 4. The molecule has 2 aliphatic rings. The van der Waals surface area contributed by atoms with Gasteiger partial charge in [0.15, 0.2) is 11.5 Å². The zero-order valence-corrected chi connectivity index (χ0v) is 24.9. The lowest BCUT2D eigenvalue weighted by atomic mass is 9.86. The minimum Gasteiger partial charge on any atom is -0.348 e. The van der Waals surface area contributed by atoms with E-state index in [9.17, 15) is 9.59 Å². The summed E-state index contributed by atoms with van der Waals surface area (Å²) in [7, 11) is 0. The topological polar surface area (TPSA) is 129 Å². The number of hydrogen-bond acceptors (Lipinski definition) is 8. The summed E-state index contributed by atoms with van der Waals surface area (Å²) in [5.41, 5.74) is 3.89. The van der Waals surface area contributed by atoms with Crippen LogP contribution in [0.3, 0.4) is 0 Å². The lowest BCUT2D eigenvalue weighted by Crippen LogP contribution is -2.48. The number of nitrogens with one attached hydrogen (secondary N) is 4. The molecule has 2 fully saturated rings. The van der Waals surface area contributed by atoms with Crippen molar-refractivity contribution in [3.63, 3.8) is 0 Å². The van der Waals surface area contributed by atoms with E-state index < -0.39 is 0 Å². The smallest absolute Gasteiger partial charge is 0.251 e. The van der Waals surface area contributed by atoms with Crippen LogP contribution in [0, 0.1) is 0 Å². The molecule has 2 aliphatic heterocycles. The summed E-state index contributed by atoms with van der Waals surface area (Å²) < 4.78 is 1.71. The van der Waals surface area contributed by atoms with Crippen LogP contribution in [-0.2, 0) is 5.41 Å². The lowest BCUT2D eigenvalue weighted by Gasteiger charge is -2.33. The molecule has 0 spiro atoms. The van der Waals surface area contributed by atoms with E-state index in [2.05, 4.69) is 51.9 Å². The van der Waals surface area contributed by atoms with Crippen LogP contribution in [0.1, 0.15) is 66.3 Å². The SMILES string of the molecule is CC(C)(C)c1ccc(C(=O)N[C@@H]2CCCN(c3nc(Nc4ccc(C(=O)N[C@H]5CCNC5)cc4)c4nccn4n3)C2)cc1. The van der Waals surface area contributed by atoms with Crippen molar-refractivity contribution in [1.29, 1.82) is 0 Å². The van der Waals surface area contributed by atoms with Crippen LogP contribution in [0.5, 0.6) is 0 Å². The van der Waals surface area contributed by atoms with E-state index in [1.54, 1.807) is 29.0 Å². The summed E-state index contributed by atoms with van der Waals surface area (Å²) in [4.78, 5) is 37.1. The highest BCUT2D eigenvalue weighted by Gasteiger charge is 2.25. The molecule has 2 saturated heterocycles. The first-order valence-electron chi connectivity index (χ1n) is 15.0. The van der Waals surface area contributed by atoms with Crippen LogP contribution in [-0.4, -0.2) is 69.7 Å². The molecule has 0 bridgehead atoms. The average molecular weight is 582 g/mol. The molecule has 0 aliphatic carbocycles. The van der Waals surface area contributed by atoms with Gasteiger partial charge in [-0.25, -0.2) is 9.50 Å². The first kappa shape index (κ1) is 28.6. The number of anilines is 3. The number of carbonyl (C=O) groups excluding carboxylic acids is 2. The molecular formula is C32H39N9O2. The van der Waals surface area contributed by atoms with Gasteiger partial charge in [-0.1, -0.05) is 32.9 Å². The third-order valence-corrected chi connectivity index (χ3v) is 8.10. The molecule has 43 heavy (non-hydrogen) atoms. The van der Waals surface area contributed by atoms with Crippen LogP contribution in [0.4, 0.5) is 17.5 Å². The van der Waals surface area contributed by atoms with E-state index in [1.165, 1.54) is 5.56 Å². The van der Waals surface area contributed by atoms with Gasteiger partial charge in [-0.3, -0.25) is 9.59 Å². The van der Waals surface area contributed by atoms with E-state index in [0.717, 1.165) is 44.6 Å². The van der Waals surface area contributed by atoms with Gasteiger partial charge in [0.1, 0.15) is 0 Å². The Morgan fingerprint density at radius 1 is 0.930 bits per heavy atom. The number of nitrogens with zero attached hydrogens (tertiary/aromatic N) is 5. The van der Waals surface area contributed by atoms with Gasteiger partial charge in [0.05, 0.1) is 0 Å². The number of rotatable bonds is 7. The number of amides is 2. The van der Waals surface area contributed by atoms with Gasteiger partial charge in [0, 0.05) is 60.9 Å². The molecule has 4 aromatic rings. The van der Waals surface area contributed by atoms with Crippen molar-refractivity contribution in [3.8, 4) is 0 Å². The second-order valence-electron chi connectivity index (χ2n) is 12.4. The van der Waals surface area contributed by atoms with E-state index in [0.29, 0.717) is 35.1 Å². The Labute approximate surface area is 251 Å². The standard InChI is InChI=1S/C32H39N9O2/c1-32(2,3)23-10-6-21(7-11-23)30(43)37-26-5-4-17-40(20-26)31-38-27(28-34-16-18-41(28)39-31)35-24-12-8-22(9-13-24)29(42)36-25-14-15-33-19-25/h6-13,16,18,25-26,33H,4-5,14-15,17,19-20H2,1-3H3,(H,36,42)(H,37,43)(H,35,38,39)/t25-,26+/m0/s1. The van der Waals surface area contributed by atoms with Crippen molar-refractivity contribution < 1.29 is 9.59 Å². The summed E-state index contributed by atoms with van der Waals surface area (Å²) in [5, 5.41) is 17.6. The number of fused-ring (bicyclic) bond motifs is 1. The Kier molecular flexibility index (Phi) is 7.98. The maximum Gasteiger partial charge on any atom is 0.251 e. The van der Waals surface area contributed by atoms with E-state index >= 15 is 0 Å². The molecule has 2 atom stereocenters. The van der Waals surface area contributed by atoms with Gasteiger partial charge in [0.2, 0.25) is 5.95 Å². The molecule has 224 valence electrons. The monoisotopic (exact) mass is 581 g/mol. The lowest BCUT2D eigenvalue weighted by molar-refractivity contribution is 0.0927. The molecule has 11 nitrogen and oxygen atoms in total. The highest BCUT2D eigenvalue weighted by Crippen LogP contribution is 2.25. The van der Waals surface area contributed by atoms with Gasteiger partial charge in [0.25, 0.3) is 11.8 Å². The van der Waals surface area contributed by atoms with Crippen molar-refractivity contribution in [2.24, 2.45) is 0 Å². The van der Waals surface area contributed by atoms with Crippen molar-refractivity contribution in [3.05, 3.63) is 77.6 Å². The summed E-state index contributed by atoms with van der Waals surface area (Å²) in [6.45, 7) is 9.60. The minimum atomic E-state index is -0.0751. The number of benzene rings is 2. The first-order valence-corrected chi connectivity index (χ1v) is 15.0. The van der Waals surface area contributed by atoms with Crippen molar-refractivity contribution in [2.75, 3.05) is 36.4 Å². The van der Waals surface area contributed by atoms with Gasteiger partial charge >= 0.3 is 0 Å². The van der Waals surface area contributed by atoms with Crippen molar-refractivity contribution in [2.45, 2.75) is 57.5 Å². The van der Waals surface area contributed by atoms with Gasteiger partial charge in [-0.15, -0.1) is 5.10 Å². The number of piperidine rings is 1. The second-order valence-corrected chi connectivity index (χ2v) is 12.4. The minimum absolute atomic E-state index is 0.0271. The molecule has 0 saturated carbocycles. The van der Waals surface area contributed by atoms with E-state index in [4.69, 9.17) is 10.1 Å². The molecule has 11 heteroatoms. The average Bonchev–Trinajstić information content (AvgIpc) is 3.70. The fraction of sp³-hybridized carbons (Fsp3) is 0.406. The number of carbonyl (C=O) groups is 2. The number of imidazole rings is 1. The third-order valence-electron chi connectivity index (χ3n) is 8.10. The molecule has 2 aromatic carbocycles. The maximum absolute atomic E-state index is 13.1. The molecule has 4 heterocycles. The van der Waals surface area contributed by atoms with Gasteiger partial charge in [-0.2, -0.15) is 4.98 Å². The zero-order chi connectivity index (χ0) is 30.0. The predicted molar refractivity (Wildman–Crippen MR) is 167 cm³/mol. The Morgan fingerprint density at radius 3 is 2.30 bits per heavy atom. The summed E-state index contributed by atoms with van der Waals surface area (Å²) >= 11 is 0. The quantitative estimate of drug-likeness (QED) is 0.260. The highest BCUT2D eigenvalue weighted by atomic mass is 16.2. The fourth-order valence-corrected chi connectivity index (χ4v) is 5.59. The van der Waals surface area contributed by atoms with Gasteiger partial charge < -0.3 is 26.2 Å². The van der Waals surface area contributed by atoms with Crippen LogP contribution >= 0.6 is 0 Å². The largest absolute Gasteiger partial charge is 0.348 e. The normalized spacial score (nSPS) is 18.9. The summed E-state index contributed by atoms with van der Waals surface area (Å²) in [6.07, 6.45) is 6.22. The van der Waals surface area contributed by atoms with Crippen LogP contribution < -0.4 is 26.2 Å². The van der Waals surface area contributed by atoms with Gasteiger partial charge in [-0.05, 0) is 73.2 Å². The van der Waals surface area contributed by atoms with Crippen LogP contribution in [0.15, 0.2) is 60.9 Å². The fourth-order valence-electron chi connectivity index (χ4n) is 5.59. The zero-order valence-electron chi connectivity index (χ0n) is 24.9. The number of hydrogen-bond donors (Lipinski definition) is 4. The molecule has 0 radical (unpaired) electrons. The Morgan fingerprint density at radius 2 is 1.63 bits per heavy atom.